The second kappa shape index (κ2) is 6.28. The van der Waals surface area contributed by atoms with Crippen molar-refractivity contribution in [2.45, 2.75) is 37.4 Å². The average molecular weight is 332 g/mol. The number of hydrogen-bond acceptors (Lipinski definition) is 6. The monoisotopic (exact) mass is 332 g/mol. The second-order valence-electron chi connectivity index (χ2n) is 6.02. The average Bonchev–Trinajstić information content (AvgIpc) is 2.60. The van der Waals surface area contributed by atoms with Gasteiger partial charge in [0.1, 0.15) is 11.5 Å². The van der Waals surface area contributed by atoms with Gasteiger partial charge in [0, 0.05) is 30.8 Å². The summed E-state index contributed by atoms with van der Waals surface area (Å²) in [5, 5.41) is 10.6. The maximum Gasteiger partial charge on any atom is 0.379 e. The van der Waals surface area contributed by atoms with Crippen LogP contribution < -0.4 is 4.74 Å². The van der Waals surface area contributed by atoms with Gasteiger partial charge in [-0.15, -0.1) is 0 Å². The lowest BCUT2D eigenvalue weighted by Crippen LogP contribution is -2.47. The van der Waals surface area contributed by atoms with Gasteiger partial charge < -0.3 is 19.3 Å². The summed E-state index contributed by atoms with van der Waals surface area (Å²) >= 11 is 0. The van der Waals surface area contributed by atoms with Gasteiger partial charge in [0.25, 0.3) is 0 Å². The van der Waals surface area contributed by atoms with Gasteiger partial charge >= 0.3 is 11.8 Å². The Morgan fingerprint density at radius 2 is 1.96 bits per heavy atom. The van der Waals surface area contributed by atoms with Crippen LogP contribution in [-0.4, -0.2) is 36.9 Å². The molecule has 0 spiro atoms. The molecule has 1 aromatic carbocycles. The Labute approximate surface area is 140 Å². The van der Waals surface area contributed by atoms with Crippen molar-refractivity contribution in [2.24, 2.45) is 0 Å². The van der Waals surface area contributed by atoms with Gasteiger partial charge in [0.05, 0.1) is 14.2 Å². The van der Waals surface area contributed by atoms with E-state index in [1.165, 1.54) is 7.11 Å². The first-order valence-corrected chi connectivity index (χ1v) is 7.88. The van der Waals surface area contributed by atoms with Crippen molar-refractivity contribution >= 4 is 11.8 Å². The van der Waals surface area contributed by atoms with Crippen LogP contribution in [0.2, 0.25) is 0 Å². The van der Waals surface area contributed by atoms with Crippen molar-refractivity contribution in [1.29, 1.82) is 0 Å². The van der Waals surface area contributed by atoms with E-state index in [2.05, 4.69) is 4.74 Å². The molecule has 0 saturated carbocycles. The van der Waals surface area contributed by atoms with Crippen molar-refractivity contribution in [3.05, 3.63) is 41.2 Å². The molecule has 6 heteroatoms. The van der Waals surface area contributed by atoms with Gasteiger partial charge in [-0.1, -0.05) is 12.1 Å². The maximum atomic E-state index is 12.4. The van der Waals surface area contributed by atoms with Crippen LogP contribution in [0.5, 0.6) is 5.75 Å². The molecule has 1 heterocycles. The van der Waals surface area contributed by atoms with Crippen LogP contribution in [0, 0.1) is 0 Å². The van der Waals surface area contributed by atoms with Gasteiger partial charge in [-0.2, -0.15) is 0 Å². The number of ketones is 1. The van der Waals surface area contributed by atoms with Gasteiger partial charge in [0.15, 0.2) is 5.78 Å². The lowest BCUT2D eigenvalue weighted by molar-refractivity contribution is -0.222. The molecule has 128 valence electrons. The Kier molecular flexibility index (Phi) is 4.32. The number of carbonyl (C=O) groups is 2. The molecule has 1 aliphatic heterocycles. The van der Waals surface area contributed by atoms with E-state index in [1.54, 1.807) is 19.2 Å². The fourth-order valence-corrected chi connectivity index (χ4v) is 3.36. The number of methoxy groups -OCH3 is 2. The number of Topliss-reactive ketones (excluding diaryl/α,β-unsaturated/α-hetero) is 1. The second-order valence-corrected chi connectivity index (χ2v) is 6.02. The van der Waals surface area contributed by atoms with E-state index < -0.39 is 17.7 Å². The largest absolute Gasteiger partial charge is 0.497 e. The van der Waals surface area contributed by atoms with E-state index in [4.69, 9.17) is 9.47 Å². The van der Waals surface area contributed by atoms with E-state index in [0.717, 1.165) is 5.56 Å². The third-order valence-corrected chi connectivity index (χ3v) is 4.55. The Morgan fingerprint density at radius 1 is 1.25 bits per heavy atom. The number of allylic oxidation sites excluding steroid dienone is 2. The Hall–Kier alpha value is -2.34. The first-order valence-electron chi connectivity index (χ1n) is 7.88. The third kappa shape index (κ3) is 2.78. The summed E-state index contributed by atoms with van der Waals surface area (Å²) in [6.45, 7) is 0. The van der Waals surface area contributed by atoms with Crippen molar-refractivity contribution in [1.82, 2.24) is 0 Å². The minimum atomic E-state index is -2.07. The zero-order valence-electron chi connectivity index (χ0n) is 13.7. The Morgan fingerprint density at radius 3 is 2.58 bits per heavy atom. The molecule has 0 fully saturated rings. The molecule has 2 aliphatic rings. The molecule has 24 heavy (non-hydrogen) atoms. The SMILES string of the molecule is COC(=O)C1(O)CC(c2ccc(OC)cc2)C2=C(CCCC2=O)O1. The maximum absolute atomic E-state index is 12.4. The zero-order chi connectivity index (χ0) is 17.3. The number of hydrogen-bond donors (Lipinski definition) is 1. The van der Waals surface area contributed by atoms with Gasteiger partial charge in [-0.05, 0) is 24.1 Å². The Balaban J connectivity index is 2.05. The molecule has 1 aliphatic carbocycles. The molecule has 0 bridgehead atoms. The Bertz CT molecular complexity index is 690. The van der Waals surface area contributed by atoms with Crippen LogP contribution in [0.1, 0.15) is 37.2 Å². The zero-order valence-corrected chi connectivity index (χ0v) is 13.7. The number of ether oxygens (including phenoxy) is 3. The standard InChI is InChI=1S/C18H20O6/c1-22-12-8-6-11(7-9-12)13-10-18(21,17(20)23-2)24-15-5-3-4-14(19)16(13)15/h6-9,13,21H,3-5,10H2,1-2H3. The molecule has 6 nitrogen and oxygen atoms in total. The van der Waals surface area contributed by atoms with Crippen LogP contribution >= 0.6 is 0 Å². The molecule has 3 rings (SSSR count). The van der Waals surface area contributed by atoms with Crippen LogP contribution in [0.4, 0.5) is 0 Å². The molecular weight excluding hydrogens is 312 g/mol. The minimum Gasteiger partial charge on any atom is -0.497 e. The first kappa shape index (κ1) is 16.5. The quantitative estimate of drug-likeness (QED) is 0.853. The highest BCUT2D eigenvalue weighted by Gasteiger charge is 2.50. The molecule has 0 saturated heterocycles. The van der Waals surface area contributed by atoms with E-state index in [1.807, 2.05) is 12.1 Å². The smallest absolute Gasteiger partial charge is 0.379 e. The van der Waals surface area contributed by atoms with Crippen molar-refractivity contribution < 1.29 is 28.9 Å². The molecule has 0 radical (unpaired) electrons. The number of aliphatic hydroxyl groups is 1. The van der Waals surface area contributed by atoms with E-state index in [0.29, 0.717) is 36.3 Å². The molecule has 0 amide bonds. The molecule has 2 atom stereocenters. The normalized spacial score (nSPS) is 26.5. The molecule has 1 aromatic rings. The molecule has 0 aromatic heterocycles. The highest BCUT2D eigenvalue weighted by atomic mass is 16.7. The summed E-state index contributed by atoms with van der Waals surface area (Å²) in [5.74, 6) is -2.26. The van der Waals surface area contributed by atoms with Crippen LogP contribution in [-0.2, 0) is 19.1 Å². The fraction of sp³-hybridized carbons (Fsp3) is 0.444. The molecule has 2 unspecified atom stereocenters. The lowest BCUT2D eigenvalue weighted by Gasteiger charge is -2.39. The predicted octanol–water partition coefficient (Wildman–Crippen LogP) is 2.07. The summed E-state index contributed by atoms with van der Waals surface area (Å²) in [4.78, 5) is 24.4. The summed E-state index contributed by atoms with van der Waals surface area (Å²) in [6.07, 6.45) is 1.55. The van der Waals surface area contributed by atoms with Crippen LogP contribution in [0.3, 0.4) is 0 Å². The first-order chi connectivity index (χ1) is 11.5. The summed E-state index contributed by atoms with van der Waals surface area (Å²) in [5.41, 5.74) is 1.38. The number of benzene rings is 1. The summed E-state index contributed by atoms with van der Waals surface area (Å²) in [7, 11) is 2.77. The van der Waals surface area contributed by atoms with Gasteiger partial charge in [-0.25, -0.2) is 4.79 Å². The third-order valence-electron chi connectivity index (χ3n) is 4.55. The topological polar surface area (TPSA) is 82.1 Å². The lowest BCUT2D eigenvalue weighted by atomic mass is 9.77. The summed E-state index contributed by atoms with van der Waals surface area (Å²) in [6, 6.07) is 7.24. The molecular formula is C18H20O6. The van der Waals surface area contributed by atoms with Crippen molar-refractivity contribution in [3.63, 3.8) is 0 Å². The fourth-order valence-electron chi connectivity index (χ4n) is 3.36. The predicted molar refractivity (Wildman–Crippen MR) is 84.3 cm³/mol. The van der Waals surface area contributed by atoms with E-state index >= 15 is 0 Å². The number of carbonyl (C=O) groups excluding carboxylic acids is 2. The van der Waals surface area contributed by atoms with E-state index in [-0.39, 0.29) is 12.2 Å². The minimum absolute atomic E-state index is 0.00369. The van der Waals surface area contributed by atoms with Gasteiger partial charge in [0.2, 0.25) is 0 Å². The van der Waals surface area contributed by atoms with Crippen LogP contribution in [0.25, 0.3) is 0 Å². The van der Waals surface area contributed by atoms with Crippen LogP contribution in [0.15, 0.2) is 35.6 Å². The van der Waals surface area contributed by atoms with Crippen molar-refractivity contribution in [3.8, 4) is 5.75 Å². The highest BCUT2D eigenvalue weighted by molar-refractivity contribution is 5.98. The van der Waals surface area contributed by atoms with Crippen molar-refractivity contribution in [2.75, 3.05) is 14.2 Å². The summed E-state index contributed by atoms with van der Waals surface area (Å²) < 4.78 is 15.3. The number of rotatable bonds is 3. The highest BCUT2D eigenvalue weighted by Crippen LogP contribution is 2.45. The molecule has 1 N–H and O–H groups in total. The number of esters is 1. The van der Waals surface area contributed by atoms with E-state index in [9.17, 15) is 14.7 Å². The van der Waals surface area contributed by atoms with Gasteiger partial charge in [-0.3, -0.25) is 4.79 Å².